The molecule has 0 aromatic heterocycles. The first-order valence-corrected chi connectivity index (χ1v) is 10.3. The van der Waals surface area contributed by atoms with Crippen molar-refractivity contribution in [3.05, 3.63) is 101 Å². The third-order valence-corrected chi connectivity index (χ3v) is 5.20. The summed E-state index contributed by atoms with van der Waals surface area (Å²) in [5.41, 5.74) is 2.39. The summed E-state index contributed by atoms with van der Waals surface area (Å²) < 4.78 is 5.18. The lowest BCUT2D eigenvalue weighted by Gasteiger charge is -2.25. The maximum Gasteiger partial charge on any atom is 0.251 e. The number of ether oxygens (including phenoxy) is 1. The standard InChI is InChI=1S/C25H25ClN2O3/c1-28(17-19-8-14-22(31-2)15-9-19)25(30)23(16-18-6-4-3-5-7-18)27-24(29)20-10-12-21(26)13-11-20/h3-15,23H,16-17H2,1-2H3,(H,27,29). The number of methoxy groups -OCH3 is 1. The Morgan fingerprint density at radius 3 is 2.19 bits per heavy atom. The van der Waals surface area contributed by atoms with Gasteiger partial charge in [-0.3, -0.25) is 9.59 Å². The van der Waals surface area contributed by atoms with Gasteiger partial charge in [0.25, 0.3) is 5.91 Å². The van der Waals surface area contributed by atoms with E-state index in [1.807, 2.05) is 54.6 Å². The fourth-order valence-electron chi connectivity index (χ4n) is 3.24. The van der Waals surface area contributed by atoms with E-state index in [4.69, 9.17) is 16.3 Å². The number of nitrogens with one attached hydrogen (secondary N) is 1. The van der Waals surface area contributed by atoms with Gasteiger partial charge in [0.1, 0.15) is 11.8 Å². The summed E-state index contributed by atoms with van der Waals surface area (Å²) in [5.74, 6) is 0.278. The molecule has 0 aliphatic heterocycles. The lowest BCUT2D eigenvalue weighted by Crippen LogP contribution is -2.48. The number of hydrogen-bond acceptors (Lipinski definition) is 3. The molecule has 1 unspecified atom stereocenters. The van der Waals surface area contributed by atoms with Gasteiger partial charge in [-0.1, -0.05) is 54.1 Å². The van der Waals surface area contributed by atoms with Crippen molar-refractivity contribution in [1.29, 1.82) is 0 Å². The topological polar surface area (TPSA) is 58.6 Å². The highest BCUT2D eigenvalue weighted by Gasteiger charge is 2.25. The molecule has 5 nitrogen and oxygen atoms in total. The zero-order chi connectivity index (χ0) is 22.2. The predicted molar refractivity (Wildman–Crippen MR) is 122 cm³/mol. The number of rotatable bonds is 8. The van der Waals surface area contributed by atoms with Crippen molar-refractivity contribution in [3.8, 4) is 5.75 Å². The molecule has 0 aliphatic rings. The molecule has 31 heavy (non-hydrogen) atoms. The molecule has 3 rings (SSSR count). The normalized spacial score (nSPS) is 11.5. The molecule has 0 aliphatic carbocycles. The third kappa shape index (κ3) is 6.33. The largest absolute Gasteiger partial charge is 0.497 e. The Morgan fingerprint density at radius 1 is 0.935 bits per heavy atom. The molecule has 2 amide bonds. The van der Waals surface area contributed by atoms with Gasteiger partial charge >= 0.3 is 0 Å². The Kier molecular flexibility index (Phi) is 7.68. The number of likely N-dealkylation sites (N-methyl/N-ethyl adjacent to an activating group) is 1. The van der Waals surface area contributed by atoms with Crippen LogP contribution in [0.3, 0.4) is 0 Å². The fraction of sp³-hybridized carbons (Fsp3) is 0.200. The Labute approximate surface area is 187 Å². The molecule has 0 radical (unpaired) electrons. The number of amides is 2. The zero-order valence-corrected chi connectivity index (χ0v) is 18.3. The molecule has 0 saturated carbocycles. The first kappa shape index (κ1) is 22.4. The van der Waals surface area contributed by atoms with Crippen LogP contribution in [0.4, 0.5) is 0 Å². The molecule has 0 fully saturated rings. The van der Waals surface area contributed by atoms with Crippen LogP contribution in [-0.2, 0) is 17.8 Å². The summed E-state index contributed by atoms with van der Waals surface area (Å²) >= 11 is 5.92. The van der Waals surface area contributed by atoms with Crippen LogP contribution >= 0.6 is 11.6 Å². The second-order valence-corrected chi connectivity index (χ2v) is 7.70. The van der Waals surface area contributed by atoms with E-state index in [0.717, 1.165) is 16.9 Å². The van der Waals surface area contributed by atoms with Crippen molar-refractivity contribution in [1.82, 2.24) is 10.2 Å². The molecule has 0 heterocycles. The predicted octanol–water partition coefficient (Wildman–Crippen LogP) is 4.35. The van der Waals surface area contributed by atoms with Crippen LogP contribution in [0, 0.1) is 0 Å². The van der Waals surface area contributed by atoms with Gasteiger partial charge in [0.2, 0.25) is 5.91 Å². The number of hydrogen-bond donors (Lipinski definition) is 1. The molecule has 1 N–H and O–H groups in total. The first-order chi connectivity index (χ1) is 15.0. The molecule has 0 bridgehead atoms. The molecule has 1 atom stereocenters. The molecule has 3 aromatic carbocycles. The second-order valence-electron chi connectivity index (χ2n) is 7.27. The van der Waals surface area contributed by atoms with Gasteiger partial charge < -0.3 is 15.0 Å². The Bertz CT molecular complexity index is 1010. The fourth-order valence-corrected chi connectivity index (χ4v) is 3.37. The van der Waals surface area contributed by atoms with Gasteiger partial charge in [-0.15, -0.1) is 0 Å². The summed E-state index contributed by atoms with van der Waals surface area (Å²) in [4.78, 5) is 27.7. The Balaban J connectivity index is 1.75. The minimum absolute atomic E-state index is 0.165. The third-order valence-electron chi connectivity index (χ3n) is 4.95. The Morgan fingerprint density at radius 2 is 1.58 bits per heavy atom. The smallest absolute Gasteiger partial charge is 0.251 e. The number of nitrogens with zero attached hydrogens (tertiary/aromatic N) is 1. The van der Waals surface area contributed by atoms with Crippen molar-refractivity contribution in [2.75, 3.05) is 14.2 Å². The van der Waals surface area contributed by atoms with Gasteiger partial charge in [0, 0.05) is 30.6 Å². The maximum atomic E-state index is 13.3. The lowest BCUT2D eigenvalue weighted by molar-refractivity contribution is -0.132. The number of benzene rings is 3. The molecule has 6 heteroatoms. The first-order valence-electron chi connectivity index (χ1n) is 9.94. The van der Waals surface area contributed by atoms with Gasteiger partial charge in [0.15, 0.2) is 0 Å². The minimum atomic E-state index is -0.700. The summed E-state index contributed by atoms with van der Waals surface area (Å²) in [5, 5.41) is 3.44. The quantitative estimate of drug-likeness (QED) is 0.571. The lowest BCUT2D eigenvalue weighted by atomic mass is 10.0. The van der Waals surface area contributed by atoms with Crippen molar-refractivity contribution in [2.45, 2.75) is 19.0 Å². The van der Waals surface area contributed by atoms with Crippen LogP contribution < -0.4 is 10.1 Å². The van der Waals surface area contributed by atoms with Crippen LogP contribution in [0.1, 0.15) is 21.5 Å². The monoisotopic (exact) mass is 436 g/mol. The summed E-state index contributed by atoms with van der Waals surface area (Å²) in [6.45, 7) is 0.422. The summed E-state index contributed by atoms with van der Waals surface area (Å²) in [6.07, 6.45) is 0.395. The van der Waals surface area contributed by atoms with Crippen molar-refractivity contribution in [3.63, 3.8) is 0 Å². The average molecular weight is 437 g/mol. The van der Waals surface area contributed by atoms with E-state index in [0.29, 0.717) is 23.6 Å². The van der Waals surface area contributed by atoms with Crippen LogP contribution in [0.15, 0.2) is 78.9 Å². The number of halogens is 1. The average Bonchev–Trinajstić information content (AvgIpc) is 2.79. The van der Waals surface area contributed by atoms with E-state index in [-0.39, 0.29) is 11.8 Å². The van der Waals surface area contributed by atoms with Crippen molar-refractivity contribution < 1.29 is 14.3 Å². The van der Waals surface area contributed by atoms with Gasteiger partial charge in [-0.25, -0.2) is 0 Å². The minimum Gasteiger partial charge on any atom is -0.497 e. The van der Waals surface area contributed by atoms with Crippen LogP contribution in [0.25, 0.3) is 0 Å². The van der Waals surface area contributed by atoms with E-state index in [2.05, 4.69) is 5.32 Å². The van der Waals surface area contributed by atoms with Crippen molar-refractivity contribution >= 4 is 23.4 Å². The summed E-state index contributed by atoms with van der Waals surface area (Å²) in [7, 11) is 3.35. The van der Waals surface area contributed by atoms with Gasteiger partial charge in [-0.2, -0.15) is 0 Å². The van der Waals surface area contributed by atoms with Crippen molar-refractivity contribution in [2.24, 2.45) is 0 Å². The number of carbonyl (C=O) groups excluding carboxylic acids is 2. The molecule has 3 aromatic rings. The van der Waals surface area contributed by atoms with E-state index < -0.39 is 6.04 Å². The molecular weight excluding hydrogens is 412 g/mol. The summed E-state index contributed by atoms with van der Waals surface area (Å²) in [6, 6.07) is 23.1. The maximum absolute atomic E-state index is 13.3. The second kappa shape index (κ2) is 10.6. The Hall–Kier alpha value is -3.31. The highest BCUT2D eigenvalue weighted by Crippen LogP contribution is 2.15. The van der Waals surface area contributed by atoms with Gasteiger partial charge in [0.05, 0.1) is 7.11 Å². The van der Waals surface area contributed by atoms with E-state index in [1.165, 1.54) is 0 Å². The van der Waals surface area contributed by atoms with Crippen LogP contribution in [0.2, 0.25) is 5.02 Å². The molecular formula is C25H25ClN2O3. The highest BCUT2D eigenvalue weighted by molar-refractivity contribution is 6.30. The zero-order valence-electron chi connectivity index (χ0n) is 17.5. The van der Waals surface area contributed by atoms with Gasteiger partial charge in [-0.05, 0) is 47.5 Å². The van der Waals surface area contributed by atoms with Crippen LogP contribution in [0.5, 0.6) is 5.75 Å². The van der Waals surface area contributed by atoms with E-state index in [9.17, 15) is 9.59 Å². The molecule has 0 saturated heterocycles. The SMILES string of the molecule is COc1ccc(CN(C)C(=O)C(Cc2ccccc2)NC(=O)c2ccc(Cl)cc2)cc1. The van der Waals surface area contributed by atoms with E-state index in [1.54, 1.807) is 43.3 Å². The molecule has 160 valence electrons. The van der Waals surface area contributed by atoms with E-state index >= 15 is 0 Å². The van der Waals surface area contributed by atoms with Crippen LogP contribution in [-0.4, -0.2) is 36.9 Å². The highest BCUT2D eigenvalue weighted by atomic mass is 35.5. The number of carbonyl (C=O) groups is 2. The molecule has 0 spiro atoms.